The molecule has 0 bridgehead atoms. The van der Waals surface area contributed by atoms with Crippen molar-refractivity contribution >= 4 is 17.5 Å². The Labute approximate surface area is 137 Å². The minimum atomic E-state index is -0.447. The van der Waals surface area contributed by atoms with E-state index < -0.39 is 5.60 Å². The fourth-order valence-electron chi connectivity index (χ4n) is 4.32. The zero-order chi connectivity index (χ0) is 16.4. The van der Waals surface area contributed by atoms with Crippen molar-refractivity contribution in [2.75, 3.05) is 36.8 Å². The number of likely N-dealkylation sites (tertiary alicyclic amines) is 1. The first kappa shape index (κ1) is 14.7. The minimum Gasteiger partial charge on any atom is -0.444 e. The van der Waals surface area contributed by atoms with Crippen LogP contribution in [0.2, 0.25) is 0 Å². The van der Waals surface area contributed by atoms with Crippen LogP contribution in [0.15, 0.2) is 12.1 Å². The van der Waals surface area contributed by atoms with Gasteiger partial charge in [0.2, 0.25) is 0 Å². The summed E-state index contributed by atoms with van der Waals surface area (Å²) < 4.78 is 5.55. The van der Waals surface area contributed by atoms with E-state index >= 15 is 0 Å². The lowest BCUT2D eigenvalue weighted by Crippen LogP contribution is -2.37. The molecule has 0 unspecified atom stereocenters. The quantitative estimate of drug-likeness (QED) is 0.748. The van der Waals surface area contributed by atoms with Gasteiger partial charge in [-0.2, -0.15) is 0 Å². The molecule has 0 spiro atoms. The van der Waals surface area contributed by atoms with Crippen molar-refractivity contribution in [1.29, 1.82) is 0 Å². The topological polar surface area (TPSA) is 58.8 Å². The van der Waals surface area contributed by atoms with Gasteiger partial charge in [-0.15, -0.1) is 0 Å². The van der Waals surface area contributed by atoms with Crippen LogP contribution in [-0.4, -0.2) is 42.8 Å². The van der Waals surface area contributed by atoms with E-state index in [4.69, 9.17) is 10.5 Å². The van der Waals surface area contributed by atoms with Gasteiger partial charge in [-0.05, 0) is 50.5 Å². The third-order valence-corrected chi connectivity index (χ3v) is 5.16. The summed E-state index contributed by atoms with van der Waals surface area (Å²) in [5.74, 6) is 0.858. The van der Waals surface area contributed by atoms with Gasteiger partial charge in [-0.25, -0.2) is 4.79 Å². The molecule has 1 aromatic carbocycles. The van der Waals surface area contributed by atoms with Crippen LogP contribution in [0.1, 0.15) is 37.8 Å². The summed E-state index contributed by atoms with van der Waals surface area (Å²) in [6.07, 6.45) is 0.893. The number of hydrogen-bond donors (Lipinski definition) is 1. The molecule has 23 heavy (non-hydrogen) atoms. The van der Waals surface area contributed by atoms with Crippen LogP contribution < -0.4 is 10.6 Å². The van der Waals surface area contributed by atoms with Gasteiger partial charge in [-0.1, -0.05) is 0 Å². The molecule has 2 N–H and O–H groups in total. The number of nitrogen functional groups attached to an aromatic ring is 1. The summed E-state index contributed by atoms with van der Waals surface area (Å²) in [7, 11) is 0. The van der Waals surface area contributed by atoms with Crippen molar-refractivity contribution in [2.24, 2.45) is 5.92 Å². The molecule has 0 aromatic heterocycles. The third-order valence-electron chi connectivity index (χ3n) is 5.16. The first-order chi connectivity index (χ1) is 10.8. The molecule has 3 heterocycles. The smallest absolute Gasteiger partial charge is 0.410 e. The van der Waals surface area contributed by atoms with Crippen molar-refractivity contribution in [2.45, 2.75) is 38.7 Å². The molecule has 2 atom stereocenters. The van der Waals surface area contributed by atoms with Gasteiger partial charge in [0.1, 0.15) is 5.60 Å². The average molecular weight is 315 g/mol. The molecular weight excluding hydrogens is 290 g/mol. The highest BCUT2D eigenvalue weighted by atomic mass is 16.6. The highest BCUT2D eigenvalue weighted by molar-refractivity contribution is 5.73. The maximum absolute atomic E-state index is 12.4. The SMILES string of the molecule is CC(C)(C)OC(=O)N1C[C@H]2CN3CCc4cc(N)cc(c43)[C@H]2C1. The molecule has 5 heteroatoms. The van der Waals surface area contributed by atoms with E-state index in [0.29, 0.717) is 11.8 Å². The van der Waals surface area contributed by atoms with Crippen molar-refractivity contribution in [3.63, 3.8) is 0 Å². The van der Waals surface area contributed by atoms with E-state index in [2.05, 4.69) is 17.0 Å². The Kier molecular flexibility index (Phi) is 3.06. The largest absolute Gasteiger partial charge is 0.444 e. The predicted octanol–water partition coefficient (Wildman–Crippen LogP) is 2.60. The van der Waals surface area contributed by atoms with Crippen LogP contribution in [0.25, 0.3) is 0 Å². The highest BCUT2D eigenvalue weighted by Crippen LogP contribution is 2.47. The molecule has 0 saturated carbocycles. The minimum absolute atomic E-state index is 0.193. The third kappa shape index (κ3) is 2.42. The van der Waals surface area contributed by atoms with E-state index in [0.717, 1.165) is 38.3 Å². The number of rotatable bonds is 0. The molecular formula is C18H25N3O2. The van der Waals surface area contributed by atoms with E-state index in [1.807, 2.05) is 25.7 Å². The second-order valence-corrected chi connectivity index (χ2v) is 8.07. The number of nitrogens with zero attached hydrogens (tertiary/aromatic N) is 2. The summed E-state index contributed by atoms with van der Waals surface area (Å²) in [6, 6.07) is 4.23. The predicted molar refractivity (Wildman–Crippen MR) is 90.8 cm³/mol. The van der Waals surface area contributed by atoms with Crippen LogP contribution in [0.3, 0.4) is 0 Å². The summed E-state index contributed by atoms with van der Waals surface area (Å²) >= 11 is 0. The maximum atomic E-state index is 12.4. The monoisotopic (exact) mass is 315 g/mol. The van der Waals surface area contributed by atoms with Gasteiger partial charge in [0, 0.05) is 49.4 Å². The Morgan fingerprint density at radius 1 is 1.26 bits per heavy atom. The fraction of sp³-hybridized carbons (Fsp3) is 0.611. The van der Waals surface area contributed by atoms with Crippen LogP contribution in [0, 0.1) is 5.92 Å². The second kappa shape index (κ2) is 4.79. The molecule has 1 amide bonds. The molecule has 5 nitrogen and oxygen atoms in total. The number of amides is 1. The summed E-state index contributed by atoms with van der Waals surface area (Å²) in [4.78, 5) is 16.8. The number of nitrogens with two attached hydrogens (primary N) is 1. The zero-order valence-corrected chi connectivity index (χ0v) is 14.1. The lowest BCUT2D eigenvalue weighted by molar-refractivity contribution is 0.0287. The van der Waals surface area contributed by atoms with Crippen molar-refractivity contribution in [3.05, 3.63) is 23.3 Å². The fourth-order valence-corrected chi connectivity index (χ4v) is 4.32. The standard InChI is InChI=1S/C18H25N3O2/c1-18(2,3)23-17(22)21-9-12-8-20-5-4-11-6-13(19)7-14(16(11)20)15(12)10-21/h6-7,12,15H,4-5,8-10,19H2,1-3H3/t12-,15+/m1/s1. The first-order valence-corrected chi connectivity index (χ1v) is 8.47. The van der Waals surface area contributed by atoms with Gasteiger partial charge in [-0.3, -0.25) is 0 Å². The van der Waals surface area contributed by atoms with Crippen molar-refractivity contribution in [1.82, 2.24) is 4.90 Å². The van der Waals surface area contributed by atoms with Crippen LogP contribution in [-0.2, 0) is 11.2 Å². The van der Waals surface area contributed by atoms with E-state index in [-0.39, 0.29) is 6.09 Å². The van der Waals surface area contributed by atoms with Crippen molar-refractivity contribution < 1.29 is 9.53 Å². The Hall–Kier alpha value is -1.91. The lowest BCUT2D eigenvalue weighted by Gasteiger charge is -2.35. The highest BCUT2D eigenvalue weighted by Gasteiger charge is 2.44. The Morgan fingerprint density at radius 3 is 2.78 bits per heavy atom. The maximum Gasteiger partial charge on any atom is 0.410 e. The van der Waals surface area contributed by atoms with Gasteiger partial charge in [0.15, 0.2) is 0 Å². The average Bonchev–Trinajstić information content (AvgIpc) is 3.02. The molecule has 0 aliphatic carbocycles. The van der Waals surface area contributed by atoms with Crippen molar-refractivity contribution in [3.8, 4) is 0 Å². The number of fused-ring (bicyclic) bond motifs is 2. The molecule has 3 aliphatic heterocycles. The molecule has 3 aliphatic rings. The molecule has 0 radical (unpaired) electrons. The van der Waals surface area contributed by atoms with Gasteiger partial charge in [0.25, 0.3) is 0 Å². The van der Waals surface area contributed by atoms with Gasteiger partial charge < -0.3 is 20.3 Å². The number of hydrogen-bond acceptors (Lipinski definition) is 4. The molecule has 124 valence electrons. The van der Waals surface area contributed by atoms with E-state index in [1.165, 1.54) is 16.8 Å². The van der Waals surface area contributed by atoms with Gasteiger partial charge in [0.05, 0.1) is 0 Å². The Balaban J connectivity index is 1.62. The summed E-state index contributed by atoms with van der Waals surface area (Å²) in [6.45, 7) is 9.36. The number of carbonyl (C=O) groups excluding carboxylic acids is 1. The number of anilines is 2. The summed E-state index contributed by atoms with van der Waals surface area (Å²) in [5, 5.41) is 0. The summed E-state index contributed by atoms with van der Waals surface area (Å²) in [5.41, 5.74) is 10.6. The Morgan fingerprint density at radius 2 is 2.04 bits per heavy atom. The van der Waals surface area contributed by atoms with Crippen LogP contribution >= 0.6 is 0 Å². The zero-order valence-electron chi connectivity index (χ0n) is 14.1. The van der Waals surface area contributed by atoms with Crippen LogP contribution in [0.4, 0.5) is 16.2 Å². The van der Waals surface area contributed by atoms with E-state index in [9.17, 15) is 4.79 Å². The van der Waals surface area contributed by atoms with Gasteiger partial charge >= 0.3 is 6.09 Å². The normalized spacial score (nSPS) is 25.3. The number of benzene rings is 1. The Bertz CT molecular complexity index is 665. The molecule has 1 aromatic rings. The van der Waals surface area contributed by atoms with Crippen LogP contribution in [0.5, 0.6) is 0 Å². The molecule has 1 saturated heterocycles. The second-order valence-electron chi connectivity index (χ2n) is 8.07. The number of ether oxygens (including phenoxy) is 1. The number of carbonyl (C=O) groups is 1. The van der Waals surface area contributed by atoms with E-state index in [1.54, 1.807) is 0 Å². The lowest BCUT2D eigenvalue weighted by atomic mass is 9.83. The molecule has 1 fully saturated rings. The first-order valence-electron chi connectivity index (χ1n) is 8.47. The molecule has 4 rings (SSSR count).